The lowest BCUT2D eigenvalue weighted by molar-refractivity contribution is 0.320. The maximum Gasteiger partial charge on any atom is 0.150 e. The number of rotatable bonds is 4. The van der Waals surface area contributed by atoms with Crippen LogP contribution in [-0.4, -0.2) is 25.3 Å². The van der Waals surface area contributed by atoms with Gasteiger partial charge in [-0.15, -0.1) is 11.6 Å². The quantitative estimate of drug-likeness (QED) is 0.577. The van der Waals surface area contributed by atoms with E-state index in [1.165, 1.54) is 5.57 Å². The zero-order chi connectivity index (χ0) is 12.4. The molecule has 0 aliphatic heterocycles. The summed E-state index contributed by atoms with van der Waals surface area (Å²) in [6, 6.07) is 0. The maximum atomic E-state index is 11.4. The first-order valence-electron chi connectivity index (χ1n) is 5.78. The summed E-state index contributed by atoms with van der Waals surface area (Å²) in [7, 11) is -2.86. The van der Waals surface area contributed by atoms with Crippen LogP contribution < -0.4 is 0 Å². The molecule has 0 saturated heterocycles. The number of allylic oxidation sites excluding steroid dienone is 2. The molecule has 0 bridgehead atoms. The first kappa shape index (κ1) is 14.0. The first-order chi connectivity index (χ1) is 7.24. The summed E-state index contributed by atoms with van der Waals surface area (Å²) >= 11 is 6.15. The van der Waals surface area contributed by atoms with Gasteiger partial charge in [0.05, 0.1) is 11.1 Å². The van der Waals surface area contributed by atoms with E-state index in [2.05, 4.69) is 13.8 Å². The molecular formula is C12H21ClO2S. The predicted molar refractivity (Wildman–Crippen MR) is 69.7 cm³/mol. The largest absolute Gasteiger partial charge is 0.229 e. The lowest BCUT2D eigenvalue weighted by Crippen LogP contribution is -2.23. The van der Waals surface area contributed by atoms with Crippen molar-refractivity contribution in [3.8, 4) is 0 Å². The van der Waals surface area contributed by atoms with Gasteiger partial charge >= 0.3 is 0 Å². The molecule has 0 heterocycles. The Morgan fingerprint density at radius 1 is 1.50 bits per heavy atom. The van der Waals surface area contributed by atoms with Crippen molar-refractivity contribution in [1.29, 1.82) is 0 Å². The van der Waals surface area contributed by atoms with E-state index in [1.807, 2.05) is 6.08 Å². The Bertz CT molecular complexity index is 368. The number of alkyl halides is 1. The van der Waals surface area contributed by atoms with Gasteiger partial charge in [0.15, 0.2) is 0 Å². The summed E-state index contributed by atoms with van der Waals surface area (Å²) in [5.41, 5.74) is 1.40. The first-order valence-corrected chi connectivity index (χ1v) is 8.04. The molecule has 1 unspecified atom stereocenters. The molecule has 4 heteroatoms. The van der Waals surface area contributed by atoms with E-state index in [-0.39, 0.29) is 22.3 Å². The van der Waals surface area contributed by atoms with Crippen LogP contribution in [0.3, 0.4) is 0 Å². The minimum atomic E-state index is -2.86. The van der Waals surface area contributed by atoms with Gasteiger partial charge in [0, 0.05) is 5.75 Å². The van der Waals surface area contributed by atoms with E-state index in [0.717, 1.165) is 12.8 Å². The van der Waals surface area contributed by atoms with Gasteiger partial charge in [-0.1, -0.05) is 32.4 Å². The molecule has 16 heavy (non-hydrogen) atoms. The minimum Gasteiger partial charge on any atom is -0.229 e. The third-order valence-corrected chi connectivity index (χ3v) is 5.03. The highest BCUT2D eigenvalue weighted by Crippen LogP contribution is 2.38. The van der Waals surface area contributed by atoms with Crippen LogP contribution in [0.4, 0.5) is 0 Å². The van der Waals surface area contributed by atoms with Crippen molar-refractivity contribution in [2.45, 2.75) is 45.4 Å². The normalized spacial score (nSPS) is 25.2. The Hall–Kier alpha value is -0.0200. The van der Waals surface area contributed by atoms with E-state index in [9.17, 15) is 8.42 Å². The molecule has 1 aliphatic rings. The van der Waals surface area contributed by atoms with E-state index in [4.69, 9.17) is 11.6 Å². The molecule has 2 nitrogen and oxygen atoms in total. The summed E-state index contributed by atoms with van der Waals surface area (Å²) in [6.07, 6.45) is 4.62. The van der Waals surface area contributed by atoms with Crippen molar-refractivity contribution in [2.24, 2.45) is 5.41 Å². The smallest absolute Gasteiger partial charge is 0.150 e. The van der Waals surface area contributed by atoms with E-state index in [1.54, 1.807) is 6.92 Å². The summed E-state index contributed by atoms with van der Waals surface area (Å²) in [4.78, 5) is 0. The Balaban J connectivity index is 2.62. The summed E-state index contributed by atoms with van der Waals surface area (Å²) in [5, 5.41) is 0.0584. The number of sulfone groups is 1. The van der Waals surface area contributed by atoms with Gasteiger partial charge in [-0.2, -0.15) is 0 Å². The van der Waals surface area contributed by atoms with Crippen LogP contribution in [-0.2, 0) is 9.84 Å². The van der Waals surface area contributed by atoms with Crippen molar-refractivity contribution < 1.29 is 8.42 Å². The monoisotopic (exact) mass is 264 g/mol. The Morgan fingerprint density at radius 2 is 2.12 bits per heavy atom. The van der Waals surface area contributed by atoms with Gasteiger partial charge in [-0.25, -0.2) is 8.42 Å². The van der Waals surface area contributed by atoms with E-state index in [0.29, 0.717) is 6.42 Å². The van der Waals surface area contributed by atoms with Gasteiger partial charge < -0.3 is 0 Å². The number of halogens is 1. The highest BCUT2D eigenvalue weighted by Gasteiger charge is 2.27. The minimum absolute atomic E-state index is 0.0584. The maximum absolute atomic E-state index is 11.4. The zero-order valence-electron chi connectivity index (χ0n) is 10.3. The van der Waals surface area contributed by atoms with Crippen LogP contribution in [0.5, 0.6) is 0 Å². The van der Waals surface area contributed by atoms with Crippen molar-refractivity contribution in [3.05, 3.63) is 11.6 Å². The van der Waals surface area contributed by atoms with Crippen LogP contribution >= 0.6 is 11.6 Å². The molecule has 1 aliphatic carbocycles. The van der Waals surface area contributed by atoms with Crippen molar-refractivity contribution in [1.82, 2.24) is 0 Å². The van der Waals surface area contributed by atoms with E-state index >= 15 is 0 Å². The number of hydrogen-bond donors (Lipinski definition) is 0. The molecule has 0 aromatic rings. The molecule has 0 fully saturated rings. The van der Waals surface area contributed by atoms with Gasteiger partial charge in [-0.3, -0.25) is 0 Å². The molecule has 0 amide bonds. The molecule has 0 saturated carbocycles. The van der Waals surface area contributed by atoms with Crippen molar-refractivity contribution >= 4 is 21.4 Å². The zero-order valence-corrected chi connectivity index (χ0v) is 11.9. The van der Waals surface area contributed by atoms with Gasteiger partial charge in [-0.05, 0) is 24.7 Å². The average Bonchev–Trinajstić information content (AvgIpc) is 2.12. The fraction of sp³-hybridized carbons (Fsp3) is 0.833. The molecule has 0 spiro atoms. The molecule has 94 valence electrons. The van der Waals surface area contributed by atoms with E-state index < -0.39 is 9.84 Å². The molecule has 0 aromatic heterocycles. The summed E-state index contributed by atoms with van der Waals surface area (Å²) in [5.74, 6) is 0.489. The molecule has 0 N–H and O–H groups in total. The van der Waals surface area contributed by atoms with Gasteiger partial charge in [0.25, 0.3) is 0 Å². The second-order valence-corrected chi connectivity index (χ2v) is 8.41. The standard InChI is InChI=1S/C12H21ClO2S/c1-4-16(14,15)6-5-10-7-11(13)9-12(2,3)8-10/h7,11H,4-6,8-9H2,1-3H3. The second-order valence-electron chi connectivity index (χ2n) is 5.37. The van der Waals surface area contributed by atoms with Gasteiger partial charge in [0.2, 0.25) is 0 Å². The highest BCUT2D eigenvalue weighted by molar-refractivity contribution is 7.91. The molecule has 1 atom stereocenters. The fourth-order valence-electron chi connectivity index (χ4n) is 2.19. The lowest BCUT2D eigenvalue weighted by atomic mass is 9.76. The van der Waals surface area contributed by atoms with Crippen molar-refractivity contribution in [3.63, 3.8) is 0 Å². The van der Waals surface area contributed by atoms with Crippen LogP contribution in [0, 0.1) is 5.41 Å². The number of hydrogen-bond acceptors (Lipinski definition) is 2. The van der Waals surface area contributed by atoms with Crippen LogP contribution in [0.1, 0.15) is 40.0 Å². The Labute approximate surface area is 104 Å². The molecular weight excluding hydrogens is 244 g/mol. The second kappa shape index (κ2) is 5.09. The SMILES string of the molecule is CCS(=O)(=O)CCC1=CC(Cl)CC(C)(C)C1. The summed E-state index contributed by atoms with van der Waals surface area (Å²) < 4.78 is 22.8. The van der Waals surface area contributed by atoms with Crippen LogP contribution in [0.15, 0.2) is 11.6 Å². The Morgan fingerprint density at radius 3 is 2.62 bits per heavy atom. The summed E-state index contributed by atoms with van der Waals surface area (Å²) in [6.45, 7) is 6.06. The fourth-order valence-corrected chi connectivity index (χ4v) is 3.65. The van der Waals surface area contributed by atoms with Crippen LogP contribution in [0.2, 0.25) is 0 Å². The van der Waals surface area contributed by atoms with Crippen LogP contribution in [0.25, 0.3) is 0 Å². The third kappa shape index (κ3) is 4.46. The molecule has 1 rings (SSSR count). The predicted octanol–water partition coefficient (Wildman–Crippen LogP) is 3.17. The Kier molecular flexibility index (Phi) is 4.47. The highest BCUT2D eigenvalue weighted by atomic mass is 35.5. The van der Waals surface area contributed by atoms with Crippen molar-refractivity contribution in [2.75, 3.05) is 11.5 Å². The topological polar surface area (TPSA) is 34.1 Å². The van der Waals surface area contributed by atoms with Gasteiger partial charge in [0.1, 0.15) is 9.84 Å². The average molecular weight is 265 g/mol. The molecule has 0 radical (unpaired) electrons. The lowest BCUT2D eigenvalue weighted by Gasteiger charge is -2.32. The third-order valence-electron chi connectivity index (χ3n) is 3.04. The molecule has 0 aromatic carbocycles.